The Balaban J connectivity index is 1.99. The average Bonchev–Trinajstić information content (AvgIpc) is 2.95. The second kappa shape index (κ2) is 7.60. The van der Waals surface area contributed by atoms with Crippen LogP contribution in [0.5, 0.6) is 0 Å². The summed E-state index contributed by atoms with van der Waals surface area (Å²) in [6.07, 6.45) is 2.52. The van der Waals surface area contributed by atoms with Gasteiger partial charge in [-0.15, -0.1) is 0 Å². The summed E-state index contributed by atoms with van der Waals surface area (Å²) in [4.78, 5) is 0. The zero-order valence-electron chi connectivity index (χ0n) is 11.5. The Morgan fingerprint density at radius 1 is 1.47 bits per heavy atom. The van der Waals surface area contributed by atoms with Crippen LogP contribution in [0.1, 0.15) is 30.0 Å². The summed E-state index contributed by atoms with van der Waals surface area (Å²) < 4.78 is 10.8. The van der Waals surface area contributed by atoms with Gasteiger partial charge in [0.2, 0.25) is 0 Å². The highest BCUT2D eigenvalue weighted by Crippen LogP contribution is 2.19. The molecule has 2 rings (SSSR count). The SMILES string of the molecule is COCc1ccccc1C(CO)NCC1CCCO1. The van der Waals surface area contributed by atoms with Gasteiger partial charge in [-0.2, -0.15) is 0 Å². The van der Waals surface area contributed by atoms with Crippen molar-refractivity contribution >= 4 is 0 Å². The van der Waals surface area contributed by atoms with Crippen LogP contribution >= 0.6 is 0 Å². The lowest BCUT2D eigenvalue weighted by atomic mass is 10.0. The van der Waals surface area contributed by atoms with Crippen molar-refractivity contribution in [3.05, 3.63) is 35.4 Å². The fourth-order valence-electron chi connectivity index (χ4n) is 2.51. The van der Waals surface area contributed by atoms with Crippen molar-refractivity contribution in [2.45, 2.75) is 31.6 Å². The Morgan fingerprint density at radius 3 is 3.00 bits per heavy atom. The Bertz CT molecular complexity index is 377. The first-order chi connectivity index (χ1) is 9.35. The minimum Gasteiger partial charge on any atom is -0.394 e. The van der Waals surface area contributed by atoms with Crippen LogP contribution in [0.2, 0.25) is 0 Å². The number of aliphatic hydroxyl groups is 1. The fraction of sp³-hybridized carbons (Fsp3) is 0.600. The van der Waals surface area contributed by atoms with Crippen molar-refractivity contribution in [2.75, 3.05) is 26.9 Å². The van der Waals surface area contributed by atoms with Crippen LogP contribution in [0.3, 0.4) is 0 Å². The lowest BCUT2D eigenvalue weighted by Crippen LogP contribution is -2.32. The molecule has 0 radical (unpaired) electrons. The van der Waals surface area contributed by atoms with Crippen LogP contribution in [0.4, 0.5) is 0 Å². The normalized spacial score (nSPS) is 20.6. The van der Waals surface area contributed by atoms with E-state index in [1.54, 1.807) is 7.11 Å². The van der Waals surface area contributed by atoms with Gasteiger partial charge in [-0.1, -0.05) is 24.3 Å². The summed E-state index contributed by atoms with van der Waals surface area (Å²) >= 11 is 0. The topological polar surface area (TPSA) is 50.7 Å². The number of methoxy groups -OCH3 is 1. The first kappa shape index (κ1) is 14.5. The Morgan fingerprint density at radius 2 is 2.32 bits per heavy atom. The van der Waals surface area contributed by atoms with Crippen LogP contribution < -0.4 is 5.32 Å². The predicted molar refractivity (Wildman–Crippen MR) is 74.0 cm³/mol. The molecule has 106 valence electrons. The average molecular weight is 265 g/mol. The molecule has 0 bridgehead atoms. The number of ether oxygens (including phenoxy) is 2. The van der Waals surface area contributed by atoms with Gasteiger partial charge in [0.05, 0.1) is 25.4 Å². The second-order valence-electron chi connectivity index (χ2n) is 4.91. The zero-order valence-corrected chi connectivity index (χ0v) is 11.5. The molecule has 0 spiro atoms. The van der Waals surface area contributed by atoms with Crippen LogP contribution in [0.25, 0.3) is 0 Å². The molecule has 2 N–H and O–H groups in total. The lowest BCUT2D eigenvalue weighted by molar-refractivity contribution is 0.103. The molecule has 1 aliphatic heterocycles. The molecule has 0 aliphatic carbocycles. The fourth-order valence-corrected chi connectivity index (χ4v) is 2.51. The van der Waals surface area contributed by atoms with E-state index in [1.807, 2.05) is 24.3 Å². The van der Waals surface area contributed by atoms with E-state index < -0.39 is 0 Å². The van der Waals surface area contributed by atoms with E-state index in [4.69, 9.17) is 9.47 Å². The number of benzene rings is 1. The maximum absolute atomic E-state index is 9.60. The minimum atomic E-state index is -0.0597. The Hall–Kier alpha value is -0.940. The summed E-state index contributed by atoms with van der Waals surface area (Å²) in [7, 11) is 1.69. The van der Waals surface area contributed by atoms with Crippen molar-refractivity contribution in [3.8, 4) is 0 Å². The molecule has 1 heterocycles. The highest BCUT2D eigenvalue weighted by molar-refractivity contribution is 5.29. The maximum Gasteiger partial charge on any atom is 0.0716 e. The molecule has 4 nitrogen and oxygen atoms in total. The number of hydrogen-bond donors (Lipinski definition) is 2. The molecular weight excluding hydrogens is 242 g/mol. The maximum atomic E-state index is 9.60. The van der Waals surface area contributed by atoms with Crippen molar-refractivity contribution in [3.63, 3.8) is 0 Å². The number of rotatable bonds is 7. The number of aliphatic hydroxyl groups excluding tert-OH is 1. The Kier molecular flexibility index (Phi) is 5.79. The first-order valence-corrected chi connectivity index (χ1v) is 6.87. The minimum absolute atomic E-state index is 0.0597. The van der Waals surface area contributed by atoms with Gasteiger partial charge in [0.1, 0.15) is 0 Å². The third kappa shape index (κ3) is 4.01. The van der Waals surface area contributed by atoms with Gasteiger partial charge in [-0.25, -0.2) is 0 Å². The molecule has 0 aromatic heterocycles. The number of nitrogens with one attached hydrogen (secondary N) is 1. The third-order valence-corrected chi connectivity index (χ3v) is 3.53. The first-order valence-electron chi connectivity index (χ1n) is 6.87. The van der Waals surface area contributed by atoms with Crippen molar-refractivity contribution in [1.82, 2.24) is 5.32 Å². The van der Waals surface area contributed by atoms with Gasteiger partial charge in [0, 0.05) is 20.3 Å². The second-order valence-corrected chi connectivity index (χ2v) is 4.91. The van der Waals surface area contributed by atoms with E-state index >= 15 is 0 Å². The molecule has 4 heteroatoms. The van der Waals surface area contributed by atoms with E-state index in [0.717, 1.165) is 37.1 Å². The van der Waals surface area contributed by atoms with Crippen LogP contribution in [0.15, 0.2) is 24.3 Å². The summed E-state index contributed by atoms with van der Waals surface area (Å²) in [6, 6.07) is 8.00. The highest BCUT2D eigenvalue weighted by Gasteiger charge is 2.19. The molecule has 19 heavy (non-hydrogen) atoms. The zero-order chi connectivity index (χ0) is 13.5. The molecule has 0 saturated carbocycles. The molecule has 1 fully saturated rings. The quantitative estimate of drug-likeness (QED) is 0.787. The highest BCUT2D eigenvalue weighted by atomic mass is 16.5. The largest absolute Gasteiger partial charge is 0.394 e. The van der Waals surface area contributed by atoms with Gasteiger partial charge < -0.3 is 19.9 Å². The standard InChI is InChI=1S/C15H23NO3/c1-18-11-12-5-2-3-7-14(12)15(10-17)16-9-13-6-4-8-19-13/h2-3,5,7,13,15-17H,4,6,8-11H2,1H3. The number of hydrogen-bond acceptors (Lipinski definition) is 4. The predicted octanol–water partition coefficient (Wildman–Crippen LogP) is 1.64. The molecular formula is C15H23NO3. The summed E-state index contributed by atoms with van der Waals surface area (Å²) in [5.41, 5.74) is 2.22. The molecule has 2 unspecified atom stereocenters. The van der Waals surface area contributed by atoms with Crippen molar-refractivity contribution < 1.29 is 14.6 Å². The van der Waals surface area contributed by atoms with E-state index in [0.29, 0.717) is 6.61 Å². The Labute approximate surface area is 114 Å². The van der Waals surface area contributed by atoms with E-state index in [9.17, 15) is 5.11 Å². The van der Waals surface area contributed by atoms with Crippen LogP contribution in [-0.4, -0.2) is 38.1 Å². The van der Waals surface area contributed by atoms with Gasteiger partial charge in [0.15, 0.2) is 0 Å². The van der Waals surface area contributed by atoms with Crippen LogP contribution in [0, 0.1) is 0 Å². The molecule has 1 saturated heterocycles. The summed E-state index contributed by atoms with van der Waals surface area (Å²) in [5, 5.41) is 13.0. The third-order valence-electron chi connectivity index (χ3n) is 3.53. The summed E-state index contributed by atoms with van der Waals surface area (Å²) in [6.45, 7) is 2.28. The van der Waals surface area contributed by atoms with Gasteiger partial charge in [-0.3, -0.25) is 0 Å². The molecule has 1 aromatic carbocycles. The molecule has 1 aromatic rings. The smallest absolute Gasteiger partial charge is 0.0716 e. The van der Waals surface area contributed by atoms with E-state index in [-0.39, 0.29) is 18.8 Å². The van der Waals surface area contributed by atoms with Gasteiger partial charge in [-0.05, 0) is 24.0 Å². The monoisotopic (exact) mass is 265 g/mol. The van der Waals surface area contributed by atoms with Gasteiger partial charge >= 0.3 is 0 Å². The molecule has 1 aliphatic rings. The van der Waals surface area contributed by atoms with Crippen LogP contribution in [-0.2, 0) is 16.1 Å². The van der Waals surface area contributed by atoms with E-state index in [1.165, 1.54) is 0 Å². The molecule has 2 atom stereocenters. The summed E-state index contributed by atoms with van der Waals surface area (Å²) in [5.74, 6) is 0. The lowest BCUT2D eigenvalue weighted by Gasteiger charge is -2.21. The van der Waals surface area contributed by atoms with Gasteiger partial charge in [0.25, 0.3) is 0 Å². The van der Waals surface area contributed by atoms with Crippen molar-refractivity contribution in [2.24, 2.45) is 0 Å². The molecule has 0 amide bonds. The van der Waals surface area contributed by atoms with E-state index in [2.05, 4.69) is 5.32 Å². The van der Waals surface area contributed by atoms with Crippen molar-refractivity contribution in [1.29, 1.82) is 0 Å².